The number of pyridine rings is 1. The van der Waals surface area contributed by atoms with E-state index in [1.54, 1.807) is 37.5 Å². The standard InChI is InChI=1S/C15H12ClN3O3S/c1-10-2-3-12(8-13(10)16)23(20,21)19-15-9-14(18-22-15)11-4-6-17-7-5-11/h2-9,19H,1H3. The zero-order valence-electron chi connectivity index (χ0n) is 12.0. The van der Waals surface area contributed by atoms with Crippen LogP contribution in [0.3, 0.4) is 0 Å². The van der Waals surface area contributed by atoms with Gasteiger partial charge in [-0.05, 0) is 36.8 Å². The highest BCUT2D eigenvalue weighted by Crippen LogP contribution is 2.25. The normalized spacial score (nSPS) is 11.4. The second-order valence-electron chi connectivity index (χ2n) is 4.83. The highest BCUT2D eigenvalue weighted by Gasteiger charge is 2.18. The van der Waals surface area contributed by atoms with Crippen molar-refractivity contribution in [2.24, 2.45) is 0 Å². The summed E-state index contributed by atoms with van der Waals surface area (Å²) < 4.78 is 32.1. The van der Waals surface area contributed by atoms with Crippen molar-refractivity contribution in [3.63, 3.8) is 0 Å². The quantitative estimate of drug-likeness (QED) is 0.779. The average Bonchev–Trinajstić information content (AvgIpc) is 2.98. The van der Waals surface area contributed by atoms with Crippen molar-refractivity contribution in [3.05, 3.63) is 59.4 Å². The van der Waals surface area contributed by atoms with Gasteiger partial charge in [-0.1, -0.05) is 22.8 Å². The highest BCUT2D eigenvalue weighted by atomic mass is 35.5. The van der Waals surface area contributed by atoms with Crippen LogP contribution in [0.25, 0.3) is 11.3 Å². The van der Waals surface area contributed by atoms with Crippen LogP contribution in [0, 0.1) is 6.92 Å². The predicted molar refractivity (Wildman–Crippen MR) is 86.7 cm³/mol. The van der Waals surface area contributed by atoms with Crippen LogP contribution < -0.4 is 4.72 Å². The van der Waals surface area contributed by atoms with Crippen LogP contribution >= 0.6 is 11.6 Å². The van der Waals surface area contributed by atoms with E-state index in [1.807, 2.05) is 0 Å². The molecule has 1 aromatic carbocycles. The molecule has 6 nitrogen and oxygen atoms in total. The Labute approximate surface area is 138 Å². The van der Waals surface area contributed by atoms with Crippen molar-refractivity contribution in [2.45, 2.75) is 11.8 Å². The molecule has 0 saturated heterocycles. The molecule has 0 amide bonds. The van der Waals surface area contributed by atoms with Gasteiger partial charge < -0.3 is 4.52 Å². The van der Waals surface area contributed by atoms with Crippen LogP contribution in [-0.2, 0) is 10.0 Å². The summed E-state index contributed by atoms with van der Waals surface area (Å²) >= 11 is 5.97. The fraction of sp³-hybridized carbons (Fsp3) is 0.0667. The van der Waals surface area contributed by atoms with Crippen molar-refractivity contribution in [1.29, 1.82) is 0 Å². The van der Waals surface area contributed by atoms with Crippen LogP contribution in [0.1, 0.15) is 5.56 Å². The zero-order chi connectivity index (χ0) is 16.4. The molecule has 3 rings (SSSR count). The first-order chi connectivity index (χ1) is 11.0. The molecule has 0 unspecified atom stereocenters. The summed E-state index contributed by atoms with van der Waals surface area (Å²) in [6, 6.07) is 9.50. The van der Waals surface area contributed by atoms with Gasteiger partial charge in [-0.2, -0.15) is 0 Å². The zero-order valence-corrected chi connectivity index (χ0v) is 13.6. The van der Waals surface area contributed by atoms with E-state index in [0.717, 1.165) is 11.1 Å². The molecule has 0 aliphatic heterocycles. The van der Waals surface area contributed by atoms with Crippen LogP contribution in [-0.4, -0.2) is 18.6 Å². The molecule has 2 aromatic heterocycles. The fourth-order valence-corrected chi connectivity index (χ4v) is 3.16. The Morgan fingerprint density at radius 1 is 1.13 bits per heavy atom. The largest absolute Gasteiger partial charge is 0.337 e. The van der Waals surface area contributed by atoms with Crippen molar-refractivity contribution >= 4 is 27.5 Å². The maximum Gasteiger partial charge on any atom is 0.264 e. The molecule has 2 heterocycles. The topological polar surface area (TPSA) is 85.1 Å². The van der Waals surface area contributed by atoms with Crippen LogP contribution in [0.2, 0.25) is 5.02 Å². The van der Waals surface area contributed by atoms with Gasteiger partial charge in [0.25, 0.3) is 10.0 Å². The lowest BCUT2D eigenvalue weighted by atomic mass is 10.2. The summed E-state index contributed by atoms with van der Waals surface area (Å²) in [5, 5.41) is 4.22. The van der Waals surface area contributed by atoms with Crippen molar-refractivity contribution in [1.82, 2.24) is 10.1 Å². The van der Waals surface area contributed by atoms with Gasteiger partial charge in [0.15, 0.2) is 0 Å². The average molecular weight is 350 g/mol. The highest BCUT2D eigenvalue weighted by molar-refractivity contribution is 7.92. The van der Waals surface area contributed by atoms with E-state index >= 15 is 0 Å². The fourth-order valence-electron chi connectivity index (χ4n) is 1.91. The van der Waals surface area contributed by atoms with E-state index in [2.05, 4.69) is 14.9 Å². The van der Waals surface area contributed by atoms with Gasteiger partial charge in [0.2, 0.25) is 5.88 Å². The monoisotopic (exact) mass is 349 g/mol. The summed E-state index contributed by atoms with van der Waals surface area (Å²) in [6.45, 7) is 1.80. The van der Waals surface area contributed by atoms with Gasteiger partial charge >= 0.3 is 0 Å². The third-order valence-electron chi connectivity index (χ3n) is 3.17. The number of aromatic nitrogens is 2. The molecule has 1 N–H and O–H groups in total. The molecule has 3 aromatic rings. The minimum absolute atomic E-state index is 0.0218. The van der Waals surface area contributed by atoms with Gasteiger partial charge in [0.1, 0.15) is 5.69 Å². The van der Waals surface area contributed by atoms with Crippen molar-refractivity contribution in [2.75, 3.05) is 4.72 Å². The Morgan fingerprint density at radius 2 is 1.87 bits per heavy atom. The second-order valence-corrected chi connectivity index (χ2v) is 6.92. The Morgan fingerprint density at radius 3 is 2.57 bits per heavy atom. The molecule has 0 fully saturated rings. The Kier molecular flexibility index (Phi) is 4.06. The van der Waals surface area contributed by atoms with Crippen LogP contribution in [0.15, 0.2) is 58.2 Å². The first-order valence-electron chi connectivity index (χ1n) is 6.62. The smallest absolute Gasteiger partial charge is 0.264 e. The number of anilines is 1. The molecule has 0 bridgehead atoms. The molecule has 0 atom stereocenters. The molecule has 118 valence electrons. The molecule has 0 aliphatic carbocycles. The first-order valence-corrected chi connectivity index (χ1v) is 8.48. The molecular weight excluding hydrogens is 338 g/mol. The van der Waals surface area contributed by atoms with Gasteiger partial charge in [0, 0.05) is 29.0 Å². The lowest BCUT2D eigenvalue weighted by Crippen LogP contribution is -2.12. The number of hydrogen-bond acceptors (Lipinski definition) is 5. The maximum atomic E-state index is 12.3. The van der Waals surface area contributed by atoms with Crippen LogP contribution in [0.4, 0.5) is 5.88 Å². The third-order valence-corrected chi connectivity index (χ3v) is 4.93. The van der Waals surface area contributed by atoms with Gasteiger partial charge in [-0.25, -0.2) is 13.1 Å². The molecule has 23 heavy (non-hydrogen) atoms. The molecule has 0 radical (unpaired) electrons. The number of nitrogens with zero attached hydrogens (tertiary/aromatic N) is 2. The molecule has 0 spiro atoms. The third kappa shape index (κ3) is 3.35. The molecule has 8 heteroatoms. The minimum atomic E-state index is -3.80. The number of halogens is 1. The Hall–Kier alpha value is -2.38. The van der Waals surface area contributed by atoms with E-state index in [4.69, 9.17) is 16.1 Å². The van der Waals surface area contributed by atoms with E-state index in [9.17, 15) is 8.42 Å². The predicted octanol–water partition coefficient (Wildman–Crippen LogP) is 3.50. The molecule has 0 aliphatic rings. The van der Waals surface area contributed by atoms with E-state index in [0.29, 0.717) is 10.7 Å². The van der Waals surface area contributed by atoms with E-state index in [-0.39, 0.29) is 10.8 Å². The Balaban J connectivity index is 1.86. The maximum absolute atomic E-state index is 12.3. The van der Waals surface area contributed by atoms with Gasteiger partial charge in [-0.3, -0.25) is 4.98 Å². The summed E-state index contributed by atoms with van der Waals surface area (Å²) in [5.74, 6) is 0.0218. The van der Waals surface area contributed by atoms with Crippen LogP contribution in [0.5, 0.6) is 0 Å². The number of benzene rings is 1. The lowest BCUT2D eigenvalue weighted by molar-refractivity contribution is 0.438. The molecule has 0 saturated carbocycles. The summed E-state index contributed by atoms with van der Waals surface area (Å²) in [5.41, 5.74) is 2.07. The number of sulfonamides is 1. The van der Waals surface area contributed by atoms with E-state index in [1.165, 1.54) is 18.2 Å². The van der Waals surface area contributed by atoms with Gasteiger partial charge in [-0.15, -0.1) is 0 Å². The van der Waals surface area contributed by atoms with E-state index < -0.39 is 10.0 Å². The number of hydrogen-bond donors (Lipinski definition) is 1. The lowest BCUT2D eigenvalue weighted by Gasteiger charge is -2.06. The first kappa shape index (κ1) is 15.5. The van der Waals surface area contributed by atoms with Crippen molar-refractivity contribution < 1.29 is 12.9 Å². The second kappa shape index (κ2) is 6.02. The number of nitrogens with one attached hydrogen (secondary N) is 1. The molecular formula is C15H12ClN3O3S. The minimum Gasteiger partial charge on any atom is -0.337 e. The summed E-state index contributed by atoms with van der Waals surface area (Å²) in [4.78, 5) is 3.96. The SMILES string of the molecule is Cc1ccc(S(=O)(=O)Nc2cc(-c3ccncc3)no2)cc1Cl. The summed E-state index contributed by atoms with van der Waals surface area (Å²) in [6.07, 6.45) is 3.23. The summed E-state index contributed by atoms with van der Waals surface area (Å²) in [7, 11) is -3.80. The number of rotatable bonds is 4. The van der Waals surface area contributed by atoms with Gasteiger partial charge in [0.05, 0.1) is 4.90 Å². The number of aryl methyl sites for hydroxylation is 1. The van der Waals surface area contributed by atoms with Crippen molar-refractivity contribution in [3.8, 4) is 11.3 Å². The Bertz CT molecular complexity index is 940.